The van der Waals surface area contributed by atoms with Crippen LogP contribution in [0.5, 0.6) is 17.2 Å². The number of carboxylic acid groups (broad SMARTS) is 1. The van der Waals surface area contributed by atoms with Crippen molar-refractivity contribution in [3.63, 3.8) is 0 Å². The highest BCUT2D eigenvalue weighted by molar-refractivity contribution is 5.69. The summed E-state index contributed by atoms with van der Waals surface area (Å²) in [7, 11) is 0. The molecule has 0 fully saturated rings. The van der Waals surface area contributed by atoms with E-state index in [9.17, 15) is 13.6 Å². The Balaban J connectivity index is 1.54. The SMILES string of the molecule is CC(Cc1cc(F)c(OCc2cc(OCc3ccccc3)cc3c2OC(C)(C)C3)c(F)c1)C(=O)O. The highest BCUT2D eigenvalue weighted by Crippen LogP contribution is 2.41. The number of ether oxygens (including phenoxy) is 3. The highest BCUT2D eigenvalue weighted by atomic mass is 19.1. The van der Waals surface area contributed by atoms with Crippen molar-refractivity contribution < 1.29 is 32.9 Å². The molecule has 0 aromatic heterocycles. The summed E-state index contributed by atoms with van der Waals surface area (Å²) in [5.74, 6) is -2.82. The minimum Gasteiger partial charge on any atom is -0.489 e. The Labute approximate surface area is 203 Å². The summed E-state index contributed by atoms with van der Waals surface area (Å²) >= 11 is 0. The molecule has 0 bridgehead atoms. The highest BCUT2D eigenvalue weighted by Gasteiger charge is 2.33. The molecule has 5 nitrogen and oxygen atoms in total. The van der Waals surface area contributed by atoms with Gasteiger partial charge in [-0.1, -0.05) is 37.3 Å². The Morgan fingerprint density at radius 2 is 1.71 bits per heavy atom. The Morgan fingerprint density at radius 3 is 2.37 bits per heavy atom. The van der Waals surface area contributed by atoms with E-state index in [0.29, 0.717) is 30.1 Å². The number of carboxylic acids is 1. The Hall–Kier alpha value is -3.61. The molecule has 4 rings (SSSR count). The fourth-order valence-corrected chi connectivity index (χ4v) is 4.15. The third-order valence-corrected chi connectivity index (χ3v) is 5.85. The number of fused-ring (bicyclic) bond motifs is 1. The molecule has 7 heteroatoms. The Morgan fingerprint density at radius 1 is 1.03 bits per heavy atom. The predicted molar refractivity (Wildman–Crippen MR) is 127 cm³/mol. The summed E-state index contributed by atoms with van der Waals surface area (Å²) in [5, 5.41) is 9.05. The maximum atomic E-state index is 14.7. The lowest BCUT2D eigenvalue weighted by Crippen LogP contribution is -2.25. The van der Waals surface area contributed by atoms with Gasteiger partial charge in [0.1, 0.15) is 30.3 Å². The van der Waals surface area contributed by atoms with Gasteiger partial charge in [0.25, 0.3) is 0 Å². The van der Waals surface area contributed by atoms with Gasteiger partial charge in [0.15, 0.2) is 17.4 Å². The summed E-state index contributed by atoms with van der Waals surface area (Å²) in [6, 6.07) is 15.7. The zero-order chi connectivity index (χ0) is 25.2. The first-order valence-corrected chi connectivity index (χ1v) is 11.5. The van der Waals surface area contributed by atoms with E-state index in [1.807, 2.05) is 50.2 Å². The standard InChI is InChI=1S/C28H28F2O5/c1-17(27(31)32)9-19-10-23(29)26(24(30)11-19)34-16-21-13-22(33-15-18-7-5-4-6-8-18)12-20-14-28(2,3)35-25(20)21/h4-8,10-13,17H,9,14-16H2,1-3H3,(H,31,32). The molecule has 0 saturated heterocycles. The molecule has 1 aliphatic heterocycles. The number of carbonyl (C=O) groups is 1. The van der Waals surface area contributed by atoms with Crippen LogP contribution in [0.25, 0.3) is 0 Å². The molecule has 3 aromatic rings. The van der Waals surface area contributed by atoms with Gasteiger partial charge in [0.2, 0.25) is 0 Å². The van der Waals surface area contributed by atoms with Crippen LogP contribution in [0, 0.1) is 17.6 Å². The lowest BCUT2D eigenvalue weighted by Gasteiger charge is -2.19. The number of rotatable bonds is 9. The fraction of sp³-hybridized carbons (Fsp3) is 0.321. The fourth-order valence-electron chi connectivity index (χ4n) is 4.15. The molecule has 0 amide bonds. The number of aliphatic carboxylic acids is 1. The molecular formula is C28H28F2O5. The van der Waals surface area contributed by atoms with E-state index in [0.717, 1.165) is 23.3 Å². The molecule has 1 aliphatic rings. The average Bonchev–Trinajstić information content (AvgIpc) is 3.11. The summed E-state index contributed by atoms with van der Waals surface area (Å²) < 4.78 is 47.0. The average molecular weight is 483 g/mol. The molecule has 0 saturated carbocycles. The number of halogens is 2. The van der Waals surface area contributed by atoms with Crippen molar-refractivity contribution in [1.82, 2.24) is 0 Å². The molecule has 1 heterocycles. The number of benzene rings is 3. The normalized spacial score (nSPS) is 14.7. The van der Waals surface area contributed by atoms with Crippen LogP contribution in [-0.2, 0) is 30.8 Å². The van der Waals surface area contributed by atoms with Crippen molar-refractivity contribution in [2.24, 2.45) is 5.92 Å². The van der Waals surface area contributed by atoms with Crippen LogP contribution in [0.3, 0.4) is 0 Å². The largest absolute Gasteiger partial charge is 0.489 e. The minimum absolute atomic E-state index is 0.0146. The number of hydrogen-bond donors (Lipinski definition) is 1. The van der Waals surface area contributed by atoms with Gasteiger partial charge in [-0.05, 0) is 55.7 Å². The smallest absolute Gasteiger partial charge is 0.306 e. The molecule has 1 N–H and O–H groups in total. The van der Waals surface area contributed by atoms with Gasteiger partial charge < -0.3 is 19.3 Å². The van der Waals surface area contributed by atoms with Crippen LogP contribution in [0.2, 0.25) is 0 Å². The van der Waals surface area contributed by atoms with Gasteiger partial charge in [-0.25, -0.2) is 8.78 Å². The van der Waals surface area contributed by atoms with Crippen molar-refractivity contribution in [2.45, 2.75) is 52.4 Å². The molecule has 0 spiro atoms. The Kier molecular flexibility index (Phi) is 6.96. The summed E-state index contributed by atoms with van der Waals surface area (Å²) in [6.45, 7) is 5.68. The maximum Gasteiger partial charge on any atom is 0.306 e. The third kappa shape index (κ3) is 5.91. The maximum absolute atomic E-state index is 14.7. The number of hydrogen-bond acceptors (Lipinski definition) is 4. The van der Waals surface area contributed by atoms with E-state index in [2.05, 4.69) is 0 Å². The van der Waals surface area contributed by atoms with Crippen LogP contribution < -0.4 is 14.2 Å². The predicted octanol–water partition coefficient (Wildman–Crippen LogP) is 6.10. The lowest BCUT2D eigenvalue weighted by molar-refractivity contribution is -0.141. The van der Waals surface area contributed by atoms with Crippen LogP contribution in [0.15, 0.2) is 54.6 Å². The molecule has 3 aromatic carbocycles. The Bertz CT molecular complexity index is 1200. The van der Waals surface area contributed by atoms with Gasteiger partial charge in [-0.2, -0.15) is 0 Å². The van der Waals surface area contributed by atoms with E-state index in [1.54, 1.807) is 6.07 Å². The van der Waals surface area contributed by atoms with Crippen LogP contribution in [0.1, 0.15) is 43.0 Å². The van der Waals surface area contributed by atoms with Gasteiger partial charge in [0.05, 0.1) is 5.92 Å². The van der Waals surface area contributed by atoms with Crippen molar-refractivity contribution >= 4 is 5.97 Å². The van der Waals surface area contributed by atoms with Crippen molar-refractivity contribution in [3.05, 3.63) is 88.5 Å². The topological polar surface area (TPSA) is 65.0 Å². The van der Waals surface area contributed by atoms with E-state index < -0.39 is 34.9 Å². The second-order valence-corrected chi connectivity index (χ2v) is 9.50. The summed E-state index contributed by atoms with van der Waals surface area (Å²) in [4.78, 5) is 11.1. The second kappa shape index (κ2) is 9.94. The first kappa shape index (κ1) is 24.5. The molecule has 184 valence electrons. The minimum atomic E-state index is -1.03. The molecular weight excluding hydrogens is 454 g/mol. The van der Waals surface area contributed by atoms with E-state index in [-0.39, 0.29) is 18.6 Å². The zero-order valence-electron chi connectivity index (χ0n) is 19.9. The van der Waals surface area contributed by atoms with E-state index >= 15 is 0 Å². The molecule has 0 aliphatic carbocycles. The first-order valence-electron chi connectivity index (χ1n) is 11.5. The van der Waals surface area contributed by atoms with E-state index in [1.165, 1.54) is 6.92 Å². The van der Waals surface area contributed by atoms with E-state index in [4.69, 9.17) is 19.3 Å². The molecule has 35 heavy (non-hydrogen) atoms. The van der Waals surface area contributed by atoms with Crippen LogP contribution in [-0.4, -0.2) is 16.7 Å². The summed E-state index contributed by atoms with van der Waals surface area (Å²) in [5.41, 5.74) is 2.42. The van der Waals surface area contributed by atoms with Gasteiger partial charge in [0, 0.05) is 17.5 Å². The van der Waals surface area contributed by atoms with Gasteiger partial charge >= 0.3 is 5.97 Å². The molecule has 1 unspecified atom stereocenters. The van der Waals surface area contributed by atoms with Crippen molar-refractivity contribution in [1.29, 1.82) is 0 Å². The third-order valence-electron chi connectivity index (χ3n) is 5.85. The van der Waals surface area contributed by atoms with Gasteiger partial charge in [-0.15, -0.1) is 0 Å². The van der Waals surface area contributed by atoms with Crippen LogP contribution >= 0.6 is 0 Å². The lowest BCUT2D eigenvalue weighted by atomic mass is 10.00. The quantitative estimate of drug-likeness (QED) is 0.399. The monoisotopic (exact) mass is 482 g/mol. The second-order valence-electron chi connectivity index (χ2n) is 9.50. The van der Waals surface area contributed by atoms with Crippen LogP contribution in [0.4, 0.5) is 8.78 Å². The molecule has 0 radical (unpaired) electrons. The van der Waals surface area contributed by atoms with Crippen molar-refractivity contribution in [3.8, 4) is 17.2 Å². The zero-order valence-corrected chi connectivity index (χ0v) is 19.9. The first-order chi connectivity index (χ1) is 16.6. The molecule has 1 atom stereocenters. The summed E-state index contributed by atoms with van der Waals surface area (Å²) in [6.07, 6.45) is 0.678. The van der Waals surface area contributed by atoms with Gasteiger partial charge in [-0.3, -0.25) is 4.79 Å². The van der Waals surface area contributed by atoms with Crippen molar-refractivity contribution in [2.75, 3.05) is 0 Å².